The fourth-order valence-corrected chi connectivity index (χ4v) is 5.19. The van der Waals surface area contributed by atoms with E-state index < -0.39 is 23.3 Å². The highest BCUT2D eigenvalue weighted by Gasteiger charge is 2.68. The predicted molar refractivity (Wildman–Crippen MR) is 150 cm³/mol. The van der Waals surface area contributed by atoms with Gasteiger partial charge in [-0.15, -0.1) is 0 Å². The Morgan fingerprint density at radius 1 is 0.860 bits per heavy atom. The van der Waals surface area contributed by atoms with Gasteiger partial charge in [0, 0.05) is 57.7 Å². The van der Waals surface area contributed by atoms with Crippen molar-refractivity contribution >= 4 is 5.97 Å². The molecule has 0 saturated carbocycles. The van der Waals surface area contributed by atoms with E-state index in [-0.39, 0.29) is 38.5 Å². The van der Waals surface area contributed by atoms with Crippen molar-refractivity contribution in [3.63, 3.8) is 0 Å². The lowest BCUT2D eigenvalue weighted by atomic mass is 9.80. The maximum Gasteiger partial charge on any atom is 0.406 e. The molecule has 1 atom stereocenters. The lowest BCUT2D eigenvalue weighted by Crippen LogP contribution is -2.53. The summed E-state index contributed by atoms with van der Waals surface area (Å²) in [6.45, 7) is 3.97. The topological polar surface area (TPSA) is 71.7 Å². The number of benzene rings is 2. The van der Waals surface area contributed by atoms with Crippen molar-refractivity contribution in [1.29, 1.82) is 0 Å². The van der Waals surface area contributed by atoms with Gasteiger partial charge in [-0.2, -0.15) is 26.3 Å². The van der Waals surface area contributed by atoms with Crippen LogP contribution in [0.2, 0.25) is 0 Å². The fourth-order valence-electron chi connectivity index (χ4n) is 5.19. The number of alkyl halides is 6. The first-order valence-electron chi connectivity index (χ1n) is 13.9. The average molecular weight is 609 g/mol. The highest BCUT2D eigenvalue weighted by molar-refractivity contribution is 5.70. The molecule has 2 heterocycles. The zero-order chi connectivity index (χ0) is 31.3. The minimum atomic E-state index is -5.50. The molecule has 2 aromatic carbocycles. The van der Waals surface area contributed by atoms with Crippen LogP contribution < -0.4 is 5.73 Å². The average Bonchev–Trinajstić information content (AvgIpc) is 2.97. The molecule has 12 heteroatoms. The Kier molecular flexibility index (Phi) is 10.1. The molecule has 0 aliphatic carbocycles. The molecule has 6 nitrogen and oxygen atoms in total. The summed E-state index contributed by atoms with van der Waals surface area (Å²) >= 11 is 0. The van der Waals surface area contributed by atoms with Crippen molar-refractivity contribution in [3.05, 3.63) is 89.7 Å². The number of aromatic nitrogens is 1. The second-order valence-corrected chi connectivity index (χ2v) is 10.8. The Hall–Kier alpha value is -3.48. The molecule has 0 bridgehead atoms. The van der Waals surface area contributed by atoms with E-state index in [1.54, 1.807) is 24.5 Å². The summed E-state index contributed by atoms with van der Waals surface area (Å²) in [7, 11) is 0. The van der Waals surface area contributed by atoms with Crippen molar-refractivity contribution in [2.45, 2.75) is 50.2 Å². The Balaban J connectivity index is 1.43. The quantitative estimate of drug-likeness (QED) is 0.235. The first-order chi connectivity index (χ1) is 20.3. The van der Waals surface area contributed by atoms with Crippen LogP contribution in [-0.2, 0) is 28.0 Å². The van der Waals surface area contributed by atoms with Crippen LogP contribution in [0.1, 0.15) is 30.0 Å². The second-order valence-electron chi connectivity index (χ2n) is 10.8. The summed E-state index contributed by atoms with van der Waals surface area (Å²) in [5.41, 5.74) is 3.87. The molecule has 3 aromatic rings. The molecular weight excluding hydrogens is 574 g/mol. The number of rotatable bonds is 10. The van der Waals surface area contributed by atoms with Crippen LogP contribution in [0.3, 0.4) is 0 Å². The van der Waals surface area contributed by atoms with Crippen molar-refractivity contribution < 1.29 is 35.9 Å². The number of hydrogen-bond acceptors (Lipinski definition) is 6. The van der Waals surface area contributed by atoms with E-state index in [1.807, 2.05) is 24.3 Å². The van der Waals surface area contributed by atoms with Crippen LogP contribution >= 0.6 is 0 Å². The summed E-state index contributed by atoms with van der Waals surface area (Å²) in [5, 5.41) is 0. The van der Waals surface area contributed by atoms with E-state index in [2.05, 4.69) is 14.8 Å². The molecular formula is C31H34F6N4O2. The third-order valence-electron chi connectivity index (χ3n) is 7.90. The van der Waals surface area contributed by atoms with Crippen LogP contribution in [0, 0.1) is 0 Å². The molecule has 1 aromatic heterocycles. The number of ether oxygens (including phenoxy) is 1. The largest absolute Gasteiger partial charge is 0.464 e. The minimum Gasteiger partial charge on any atom is -0.464 e. The van der Waals surface area contributed by atoms with Crippen LogP contribution in [0.25, 0.3) is 11.1 Å². The number of pyridine rings is 1. The molecule has 1 aliphatic heterocycles. The first-order valence-corrected chi connectivity index (χ1v) is 13.9. The maximum atomic E-state index is 13.4. The van der Waals surface area contributed by atoms with E-state index in [9.17, 15) is 31.1 Å². The van der Waals surface area contributed by atoms with Crippen LogP contribution in [0.5, 0.6) is 0 Å². The van der Waals surface area contributed by atoms with Gasteiger partial charge in [0.1, 0.15) is 6.61 Å². The second kappa shape index (κ2) is 13.4. The number of hydrogen-bond donors (Lipinski definition) is 1. The normalized spacial score (nSPS) is 17.2. The highest BCUT2D eigenvalue weighted by Crippen LogP contribution is 2.51. The number of piperazine rings is 1. The molecule has 43 heavy (non-hydrogen) atoms. The fraction of sp³-hybridized carbons (Fsp3) is 0.419. The van der Waals surface area contributed by atoms with E-state index >= 15 is 0 Å². The maximum absolute atomic E-state index is 13.4. The van der Waals surface area contributed by atoms with E-state index in [0.717, 1.165) is 36.3 Å². The first kappa shape index (κ1) is 32.4. The van der Waals surface area contributed by atoms with Crippen LogP contribution in [-0.4, -0.2) is 71.9 Å². The third kappa shape index (κ3) is 7.73. The van der Waals surface area contributed by atoms with E-state index in [1.165, 1.54) is 12.1 Å². The third-order valence-corrected chi connectivity index (χ3v) is 7.90. The summed E-state index contributed by atoms with van der Waals surface area (Å²) in [6, 6.07) is 15.5. The zero-order valence-electron chi connectivity index (χ0n) is 23.7. The molecule has 0 unspecified atom stereocenters. The van der Waals surface area contributed by atoms with Crippen molar-refractivity contribution in [2.75, 3.05) is 32.8 Å². The highest BCUT2D eigenvalue weighted by atomic mass is 19.4. The number of carbonyl (C=O) groups excluding carboxylic acids is 1. The molecule has 1 aliphatic rings. The number of esters is 1. The van der Waals surface area contributed by atoms with Gasteiger partial charge in [-0.05, 0) is 46.9 Å². The lowest BCUT2D eigenvalue weighted by molar-refractivity contribution is -0.297. The summed E-state index contributed by atoms with van der Waals surface area (Å²) in [5.74, 6) is -0.307. The Labute approximate surface area is 246 Å². The van der Waals surface area contributed by atoms with Crippen LogP contribution in [0.15, 0.2) is 73.1 Å². The number of halogens is 6. The number of carbonyl (C=O) groups is 1. The molecule has 2 N–H and O–H groups in total. The predicted octanol–water partition coefficient (Wildman–Crippen LogP) is 5.71. The summed E-state index contributed by atoms with van der Waals surface area (Å²) < 4.78 is 85.9. The smallest absolute Gasteiger partial charge is 0.406 e. The van der Waals surface area contributed by atoms with Gasteiger partial charge in [0.15, 0.2) is 5.41 Å². The lowest BCUT2D eigenvalue weighted by Gasteiger charge is -2.41. The van der Waals surface area contributed by atoms with Gasteiger partial charge in [-0.25, -0.2) is 0 Å². The molecule has 0 amide bonds. The molecule has 0 spiro atoms. The van der Waals surface area contributed by atoms with Gasteiger partial charge < -0.3 is 10.5 Å². The number of nitrogens with two attached hydrogens (primary N) is 1. The van der Waals surface area contributed by atoms with Gasteiger partial charge in [0.2, 0.25) is 0 Å². The van der Waals surface area contributed by atoms with Crippen molar-refractivity contribution in [2.24, 2.45) is 5.73 Å². The Morgan fingerprint density at radius 3 is 1.98 bits per heavy atom. The zero-order valence-corrected chi connectivity index (χ0v) is 23.7. The van der Waals surface area contributed by atoms with Gasteiger partial charge in [-0.1, -0.05) is 48.5 Å². The summed E-state index contributed by atoms with van der Waals surface area (Å²) in [4.78, 5) is 21.0. The van der Waals surface area contributed by atoms with Gasteiger partial charge in [0.25, 0.3) is 0 Å². The molecule has 0 radical (unpaired) electrons. The monoisotopic (exact) mass is 608 g/mol. The molecule has 1 fully saturated rings. The van der Waals surface area contributed by atoms with Crippen LogP contribution in [0.4, 0.5) is 26.3 Å². The SMILES string of the molecule is CC(c1ccc(-c2ccc(CN3CCN(Cc4ccncc4)[C@H](CC(=O)OCCN)C3)cc2)cc1)(C(F)(F)F)C(F)(F)F. The van der Waals surface area contributed by atoms with Gasteiger partial charge >= 0.3 is 18.3 Å². The number of nitrogens with zero attached hydrogens (tertiary/aromatic N) is 3. The Morgan fingerprint density at radius 2 is 1.42 bits per heavy atom. The molecule has 232 valence electrons. The standard InChI is InChI=1S/C31H34F6N4O2/c1-29(30(32,33)34,31(35,36)37)26-8-6-25(7-9-26)24-4-2-22(3-5-24)19-40-15-16-41(20-23-10-13-39-14-11-23)27(21-40)18-28(42)43-17-12-38/h2-11,13-14,27H,12,15-21,38H2,1H3/t27-/m1/s1. The van der Waals surface area contributed by atoms with Crippen molar-refractivity contribution in [1.82, 2.24) is 14.8 Å². The Bertz CT molecular complexity index is 1320. The van der Waals surface area contributed by atoms with Crippen molar-refractivity contribution in [3.8, 4) is 11.1 Å². The minimum absolute atomic E-state index is 0.0796. The van der Waals surface area contributed by atoms with Gasteiger partial charge in [0.05, 0.1) is 6.42 Å². The van der Waals surface area contributed by atoms with E-state index in [0.29, 0.717) is 30.8 Å². The summed E-state index contributed by atoms with van der Waals surface area (Å²) in [6.07, 6.45) is -7.31. The van der Waals surface area contributed by atoms with E-state index in [4.69, 9.17) is 10.5 Å². The molecule has 4 rings (SSSR count). The van der Waals surface area contributed by atoms with Gasteiger partial charge in [-0.3, -0.25) is 19.6 Å². The molecule has 1 saturated heterocycles.